The lowest BCUT2D eigenvalue weighted by molar-refractivity contribution is -0.115. The topological polar surface area (TPSA) is 117 Å². The molecule has 1 amide bonds. The number of sulfonamides is 1. The van der Waals surface area contributed by atoms with Gasteiger partial charge in [0.2, 0.25) is 10.0 Å². The highest BCUT2D eigenvalue weighted by molar-refractivity contribution is 8.18. The maximum atomic E-state index is 12.3. The summed E-state index contributed by atoms with van der Waals surface area (Å²) in [5.74, 6) is -0.207. The molecule has 0 bridgehead atoms. The smallest absolute Gasteiger partial charge is 0.264 e. The summed E-state index contributed by atoms with van der Waals surface area (Å²) in [5.41, 5.74) is 4.18. The molecular formula is C21H18N4O3S2. The Labute approximate surface area is 178 Å². The minimum Gasteiger partial charge on any atom is -0.355 e. The number of benzene rings is 2. The lowest BCUT2D eigenvalue weighted by atomic mass is 10.2. The molecule has 0 atom stereocenters. The van der Waals surface area contributed by atoms with Crippen molar-refractivity contribution in [3.05, 3.63) is 76.8 Å². The van der Waals surface area contributed by atoms with E-state index in [1.807, 2.05) is 43.3 Å². The molecule has 7 nitrogen and oxygen atoms in total. The molecule has 1 aliphatic heterocycles. The molecule has 3 aromatic rings. The highest BCUT2D eigenvalue weighted by Gasteiger charge is 2.24. The number of nitrogens with zero attached hydrogens (tertiary/aromatic N) is 1. The average molecular weight is 439 g/mol. The number of carbonyl (C=O) groups is 1. The molecule has 2 aromatic carbocycles. The van der Waals surface area contributed by atoms with Gasteiger partial charge in [-0.2, -0.15) is 0 Å². The lowest BCUT2D eigenvalue weighted by Crippen LogP contribution is -2.19. The van der Waals surface area contributed by atoms with Crippen molar-refractivity contribution in [1.82, 2.24) is 10.3 Å². The number of aromatic amines is 1. The van der Waals surface area contributed by atoms with Crippen LogP contribution in [-0.2, 0) is 14.8 Å². The zero-order chi connectivity index (χ0) is 21.3. The third-order valence-corrected chi connectivity index (χ3v) is 6.32. The Bertz CT molecular complexity index is 1290. The molecule has 4 N–H and O–H groups in total. The molecule has 0 radical (unpaired) electrons. The van der Waals surface area contributed by atoms with Gasteiger partial charge in [0, 0.05) is 11.4 Å². The van der Waals surface area contributed by atoms with E-state index in [-0.39, 0.29) is 10.8 Å². The molecule has 152 valence electrons. The van der Waals surface area contributed by atoms with E-state index >= 15 is 0 Å². The predicted molar refractivity (Wildman–Crippen MR) is 120 cm³/mol. The van der Waals surface area contributed by atoms with Crippen LogP contribution in [0.3, 0.4) is 0 Å². The molecule has 30 heavy (non-hydrogen) atoms. The fourth-order valence-corrected chi connectivity index (χ4v) is 4.25. The number of aromatic nitrogens is 1. The Morgan fingerprint density at radius 2 is 1.77 bits per heavy atom. The van der Waals surface area contributed by atoms with Crippen molar-refractivity contribution in [3.63, 3.8) is 0 Å². The number of amidine groups is 1. The van der Waals surface area contributed by atoms with Crippen LogP contribution in [0.25, 0.3) is 17.3 Å². The maximum Gasteiger partial charge on any atom is 0.264 e. The Morgan fingerprint density at radius 1 is 1.03 bits per heavy atom. The molecule has 0 spiro atoms. The number of nitrogens with one attached hydrogen (secondary N) is 2. The first-order chi connectivity index (χ1) is 14.3. The second-order valence-corrected chi connectivity index (χ2v) is 9.26. The first kappa shape index (κ1) is 20.1. The Morgan fingerprint density at radius 3 is 2.47 bits per heavy atom. The summed E-state index contributed by atoms with van der Waals surface area (Å²) < 4.78 is 22.8. The van der Waals surface area contributed by atoms with Gasteiger partial charge in [0.25, 0.3) is 5.91 Å². The van der Waals surface area contributed by atoms with Crippen LogP contribution in [0.1, 0.15) is 11.3 Å². The molecule has 9 heteroatoms. The Hall–Kier alpha value is -3.14. The van der Waals surface area contributed by atoms with Crippen LogP contribution >= 0.6 is 11.8 Å². The van der Waals surface area contributed by atoms with Crippen LogP contribution in [0.4, 0.5) is 5.69 Å². The molecule has 2 heterocycles. The van der Waals surface area contributed by atoms with E-state index in [1.54, 1.807) is 18.2 Å². The summed E-state index contributed by atoms with van der Waals surface area (Å²) in [4.78, 5) is 20.6. The standard InChI is InChI=1S/C21H18N4O3S2/c1-13-4-2-3-5-17(13)24-21-25-20(26)19(29-21)12-15-8-11-18(23-15)14-6-9-16(10-7-14)30(22,27)28/h2-12,23H,1H3,(H2,22,27,28)(H,24,25,26)/b19-12-. The van der Waals surface area contributed by atoms with Crippen molar-refractivity contribution in [2.45, 2.75) is 11.8 Å². The number of rotatable bonds is 4. The third kappa shape index (κ3) is 4.38. The van der Waals surface area contributed by atoms with Crippen LogP contribution < -0.4 is 10.5 Å². The number of H-pyrrole nitrogens is 1. The van der Waals surface area contributed by atoms with Gasteiger partial charge in [-0.15, -0.1) is 0 Å². The summed E-state index contributed by atoms with van der Waals surface area (Å²) in [6, 6.07) is 17.7. The SMILES string of the molecule is Cc1ccccc1N=C1NC(=O)/C(=C/c2ccc(-c3ccc(S(N)(=O)=O)cc3)[nH]2)S1. The molecule has 0 aliphatic carbocycles. The fourth-order valence-electron chi connectivity index (χ4n) is 2.91. The lowest BCUT2D eigenvalue weighted by Gasteiger charge is -2.01. The summed E-state index contributed by atoms with van der Waals surface area (Å²) in [6.45, 7) is 1.97. The predicted octanol–water partition coefficient (Wildman–Crippen LogP) is 3.53. The van der Waals surface area contributed by atoms with Gasteiger partial charge < -0.3 is 10.3 Å². The molecule has 0 unspecified atom stereocenters. The number of thioether (sulfide) groups is 1. The first-order valence-electron chi connectivity index (χ1n) is 8.97. The number of nitrogens with two attached hydrogens (primary N) is 1. The number of amides is 1. The molecule has 1 saturated heterocycles. The third-order valence-electron chi connectivity index (χ3n) is 4.48. The zero-order valence-electron chi connectivity index (χ0n) is 15.9. The van der Waals surface area contributed by atoms with Crippen molar-refractivity contribution in [1.29, 1.82) is 0 Å². The zero-order valence-corrected chi connectivity index (χ0v) is 17.5. The highest BCUT2D eigenvalue weighted by Crippen LogP contribution is 2.29. The van der Waals surface area contributed by atoms with Crippen molar-refractivity contribution < 1.29 is 13.2 Å². The second-order valence-electron chi connectivity index (χ2n) is 6.66. The van der Waals surface area contributed by atoms with Gasteiger partial charge in [0.1, 0.15) is 0 Å². The number of aliphatic imine (C=N–C) groups is 1. The van der Waals surface area contributed by atoms with Crippen LogP contribution in [0.2, 0.25) is 0 Å². The quantitative estimate of drug-likeness (QED) is 0.540. The van der Waals surface area contributed by atoms with E-state index in [4.69, 9.17) is 5.14 Å². The van der Waals surface area contributed by atoms with E-state index < -0.39 is 10.0 Å². The number of para-hydroxylation sites is 1. The van der Waals surface area contributed by atoms with Crippen molar-refractivity contribution in [2.24, 2.45) is 10.1 Å². The number of hydrogen-bond donors (Lipinski definition) is 3. The van der Waals surface area contributed by atoms with Gasteiger partial charge >= 0.3 is 0 Å². The maximum absolute atomic E-state index is 12.3. The number of primary sulfonamides is 1. The Kier molecular flexibility index (Phi) is 5.33. The van der Waals surface area contributed by atoms with Gasteiger partial charge in [-0.25, -0.2) is 18.5 Å². The van der Waals surface area contributed by atoms with Crippen molar-refractivity contribution in [3.8, 4) is 11.3 Å². The summed E-state index contributed by atoms with van der Waals surface area (Å²) in [6.07, 6.45) is 1.75. The van der Waals surface area contributed by atoms with Gasteiger partial charge in [0.05, 0.1) is 15.5 Å². The number of aryl methyl sites for hydroxylation is 1. The van der Waals surface area contributed by atoms with Crippen molar-refractivity contribution >= 4 is 44.6 Å². The van der Waals surface area contributed by atoms with Gasteiger partial charge in [-0.05, 0) is 66.2 Å². The molecule has 0 saturated carbocycles. The summed E-state index contributed by atoms with van der Waals surface area (Å²) in [7, 11) is -3.73. The first-order valence-corrected chi connectivity index (χ1v) is 11.3. The molecule has 4 rings (SSSR count). The minimum absolute atomic E-state index is 0.0552. The molecule has 1 aromatic heterocycles. The van der Waals surface area contributed by atoms with Crippen LogP contribution in [0, 0.1) is 6.92 Å². The van der Waals surface area contributed by atoms with E-state index in [9.17, 15) is 13.2 Å². The van der Waals surface area contributed by atoms with Crippen LogP contribution in [0.15, 0.2) is 75.5 Å². The minimum atomic E-state index is -3.73. The molecule has 1 aliphatic rings. The van der Waals surface area contributed by atoms with E-state index in [1.165, 1.54) is 23.9 Å². The molecule has 1 fully saturated rings. The Balaban J connectivity index is 1.54. The van der Waals surface area contributed by atoms with Gasteiger partial charge in [-0.1, -0.05) is 30.3 Å². The van der Waals surface area contributed by atoms with E-state index in [2.05, 4.69) is 15.3 Å². The van der Waals surface area contributed by atoms with Crippen molar-refractivity contribution in [2.75, 3.05) is 0 Å². The second kappa shape index (κ2) is 7.94. The van der Waals surface area contributed by atoms with Gasteiger partial charge in [0.15, 0.2) is 5.17 Å². The monoisotopic (exact) mass is 438 g/mol. The van der Waals surface area contributed by atoms with E-state index in [0.29, 0.717) is 10.1 Å². The summed E-state index contributed by atoms with van der Waals surface area (Å²) >= 11 is 1.28. The van der Waals surface area contributed by atoms with Crippen LogP contribution in [-0.4, -0.2) is 24.5 Å². The normalized spacial score (nSPS) is 16.9. The van der Waals surface area contributed by atoms with E-state index in [0.717, 1.165) is 28.2 Å². The average Bonchev–Trinajstić information content (AvgIpc) is 3.30. The highest BCUT2D eigenvalue weighted by atomic mass is 32.2. The fraction of sp³-hybridized carbons (Fsp3) is 0.0476. The van der Waals surface area contributed by atoms with Gasteiger partial charge in [-0.3, -0.25) is 4.79 Å². The van der Waals surface area contributed by atoms with Crippen LogP contribution in [0.5, 0.6) is 0 Å². The number of hydrogen-bond acceptors (Lipinski definition) is 5. The molecular weight excluding hydrogens is 420 g/mol. The summed E-state index contributed by atoms with van der Waals surface area (Å²) in [5, 5.41) is 8.44. The largest absolute Gasteiger partial charge is 0.355 e. The number of carbonyl (C=O) groups excluding carboxylic acids is 1.